The van der Waals surface area contributed by atoms with Gasteiger partial charge in [-0.1, -0.05) is 52.8 Å². The summed E-state index contributed by atoms with van der Waals surface area (Å²) in [6.45, 7) is 13.2. The first-order valence-corrected chi connectivity index (χ1v) is 7.36. The van der Waals surface area contributed by atoms with Gasteiger partial charge in [-0.25, -0.2) is 0 Å². The van der Waals surface area contributed by atoms with Crippen LogP contribution in [0.25, 0.3) is 0 Å². The Morgan fingerprint density at radius 3 is 2.45 bits per heavy atom. The summed E-state index contributed by atoms with van der Waals surface area (Å²) in [4.78, 5) is 0. The molecule has 114 valence electrons. The van der Waals surface area contributed by atoms with Gasteiger partial charge in [-0.15, -0.1) is 0 Å². The highest BCUT2D eigenvalue weighted by Crippen LogP contribution is 2.36. The van der Waals surface area contributed by atoms with Crippen molar-refractivity contribution < 1.29 is 9.47 Å². The van der Waals surface area contributed by atoms with Gasteiger partial charge in [0.15, 0.2) is 0 Å². The summed E-state index contributed by atoms with van der Waals surface area (Å²) < 4.78 is 10.9. The van der Waals surface area contributed by atoms with E-state index < -0.39 is 0 Å². The van der Waals surface area contributed by atoms with Crippen molar-refractivity contribution in [3.05, 3.63) is 47.5 Å². The maximum atomic E-state index is 5.75. The van der Waals surface area contributed by atoms with Gasteiger partial charge in [-0.2, -0.15) is 0 Å². The predicted octanol–water partition coefficient (Wildman–Crippen LogP) is 5.40. The van der Waals surface area contributed by atoms with Gasteiger partial charge < -0.3 is 9.47 Å². The molecule has 0 saturated heterocycles. The summed E-state index contributed by atoms with van der Waals surface area (Å²) in [6.07, 6.45) is 10.9. The zero-order valence-corrected chi connectivity index (χ0v) is 14.1. The van der Waals surface area contributed by atoms with E-state index in [2.05, 4.69) is 26.8 Å². The third kappa shape index (κ3) is 6.25. The second kappa shape index (κ2) is 9.60. The molecule has 0 saturated carbocycles. The summed E-state index contributed by atoms with van der Waals surface area (Å²) in [5, 5.41) is 0. The quantitative estimate of drug-likeness (QED) is 0.688. The Kier molecular flexibility index (Phi) is 8.98. The second-order valence-electron chi connectivity index (χ2n) is 5.43. The van der Waals surface area contributed by atoms with Crippen LogP contribution in [-0.4, -0.2) is 13.7 Å². The van der Waals surface area contributed by atoms with Crippen molar-refractivity contribution in [2.24, 2.45) is 5.41 Å². The summed E-state index contributed by atoms with van der Waals surface area (Å²) >= 11 is 0. The molecule has 0 aromatic carbocycles. The molecule has 1 aliphatic rings. The van der Waals surface area contributed by atoms with E-state index in [4.69, 9.17) is 9.47 Å². The number of methoxy groups -OCH3 is 1. The first kappa shape index (κ1) is 18.7. The van der Waals surface area contributed by atoms with Gasteiger partial charge in [-0.05, 0) is 29.6 Å². The van der Waals surface area contributed by atoms with E-state index in [1.807, 2.05) is 45.3 Å². The average Bonchev–Trinajstić information content (AvgIpc) is 2.44. The first-order valence-electron chi connectivity index (χ1n) is 7.36. The van der Waals surface area contributed by atoms with Crippen LogP contribution in [-0.2, 0) is 9.47 Å². The van der Waals surface area contributed by atoms with Gasteiger partial charge in [-0.3, -0.25) is 0 Å². The van der Waals surface area contributed by atoms with E-state index in [0.29, 0.717) is 6.61 Å². The molecule has 0 spiro atoms. The minimum atomic E-state index is 0.137. The van der Waals surface area contributed by atoms with Crippen molar-refractivity contribution in [1.29, 1.82) is 0 Å². The van der Waals surface area contributed by atoms with Crippen molar-refractivity contribution in [1.82, 2.24) is 0 Å². The van der Waals surface area contributed by atoms with Crippen LogP contribution in [0.2, 0.25) is 0 Å². The molecule has 0 N–H and O–H groups in total. The van der Waals surface area contributed by atoms with E-state index in [1.165, 1.54) is 11.1 Å². The Labute approximate surface area is 124 Å². The monoisotopic (exact) mass is 278 g/mol. The summed E-state index contributed by atoms with van der Waals surface area (Å²) in [5.74, 6) is 0.915. The van der Waals surface area contributed by atoms with Crippen LogP contribution in [0.4, 0.5) is 0 Å². The molecule has 20 heavy (non-hydrogen) atoms. The number of ether oxygens (including phenoxy) is 2. The fourth-order valence-corrected chi connectivity index (χ4v) is 1.67. The molecule has 1 heterocycles. The maximum absolute atomic E-state index is 5.75. The average molecular weight is 278 g/mol. The van der Waals surface area contributed by atoms with Gasteiger partial charge >= 0.3 is 0 Å². The Balaban J connectivity index is 0.00000172. The molecule has 0 amide bonds. The molecule has 1 rings (SSSR count). The van der Waals surface area contributed by atoms with Crippen LogP contribution in [0.3, 0.4) is 0 Å². The Morgan fingerprint density at radius 1 is 1.30 bits per heavy atom. The molecule has 0 radical (unpaired) electrons. The zero-order valence-electron chi connectivity index (χ0n) is 14.1. The second-order valence-corrected chi connectivity index (χ2v) is 5.43. The highest BCUT2D eigenvalue weighted by atomic mass is 16.5. The van der Waals surface area contributed by atoms with Crippen molar-refractivity contribution >= 4 is 0 Å². The summed E-state index contributed by atoms with van der Waals surface area (Å²) in [6, 6.07) is 0. The van der Waals surface area contributed by atoms with Crippen LogP contribution in [0.5, 0.6) is 0 Å². The van der Waals surface area contributed by atoms with Gasteiger partial charge in [0, 0.05) is 13.5 Å². The molecule has 0 fully saturated rings. The van der Waals surface area contributed by atoms with E-state index >= 15 is 0 Å². The van der Waals surface area contributed by atoms with Crippen LogP contribution in [0.1, 0.15) is 48.0 Å². The molecular weight excluding hydrogens is 248 g/mol. The number of rotatable bonds is 3. The fourth-order valence-electron chi connectivity index (χ4n) is 1.67. The zero-order chi connectivity index (χ0) is 15.6. The van der Waals surface area contributed by atoms with Gasteiger partial charge in [0.05, 0.1) is 12.9 Å². The number of hydrogen-bond acceptors (Lipinski definition) is 2. The third-order valence-electron chi connectivity index (χ3n) is 2.93. The predicted molar refractivity (Wildman–Crippen MR) is 87.4 cm³/mol. The van der Waals surface area contributed by atoms with E-state index in [-0.39, 0.29) is 5.41 Å². The number of allylic oxidation sites excluding steroid dienone is 5. The lowest BCUT2D eigenvalue weighted by atomic mass is 9.82. The topological polar surface area (TPSA) is 18.5 Å². The smallest absolute Gasteiger partial charge is 0.129 e. The fraction of sp³-hybridized carbons (Fsp3) is 0.556. The largest absolute Gasteiger partial charge is 0.465 e. The summed E-state index contributed by atoms with van der Waals surface area (Å²) in [5.41, 5.74) is 2.64. The molecule has 0 atom stereocenters. The molecular formula is C18H30O2. The lowest BCUT2D eigenvalue weighted by molar-refractivity contribution is 0.231. The normalized spacial score (nSPS) is 19.6. The first-order chi connectivity index (χ1) is 9.49. The van der Waals surface area contributed by atoms with Crippen molar-refractivity contribution in [2.45, 2.75) is 48.0 Å². The van der Waals surface area contributed by atoms with E-state index in [1.54, 1.807) is 7.11 Å². The Morgan fingerprint density at radius 2 is 1.95 bits per heavy atom. The Hall–Kier alpha value is -1.28. The van der Waals surface area contributed by atoms with Crippen LogP contribution in [0, 0.1) is 5.41 Å². The van der Waals surface area contributed by atoms with Gasteiger partial charge in [0.25, 0.3) is 0 Å². The van der Waals surface area contributed by atoms with Crippen LogP contribution >= 0.6 is 0 Å². The molecule has 0 aromatic heterocycles. The lowest BCUT2D eigenvalue weighted by Crippen LogP contribution is -2.15. The molecule has 0 aromatic rings. The number of hydrogen-bond donors (Lipinski definition) is 0. The van der Waals surface area contributed by atoms with Crippen molar-refractivity contribution in [2.75, 3.05) is 13.7 Å². The maximum Gasteiger partial charge on any atom is 0.129 e. The standard InChI is InChI=1S/C16H24O2.C2H6/c1-6-7-8-15-13(9-10-17-5)11-14(12-18-15)16(2,3)4;1-2/h6-9,12H,10-11H2,1-5H3;1-2H3/b7-6-,13-9-,15-8+;. The molecule has 1 aliphatic heterocycles. The van der Waals surface area contributed by atoms with Gasteiger partial charge in [0.1, 0.15) is 5.76 Å². The molecule has 0 unspecified atom stereocenters. The minimum absolute atomic E-state index is 0.137. The molecule has 0 bridgehead atoms. The van der Waals surface area contributed by atoms with E-state index in [9.17, 15) is 0 Å². The molecule has 0 aliphatic carbocycles. The molecule has 2 heteroatoms. The molecule has 2 nitrogen and oxygen atoms in total. The van der Waals surface area contributed by atoms with Crippen molar-refractivity contribution in [3.63, 3.8) is 0 Å². The van der Waals surface area contributed by atoms with Gasteiger partial charge in [0.2, 0.25) is 0 Å². The highest BCUT2D eigenvalue weighted by molar-refractivity contribution is 5.37. The summed E-state index contributed by atoms with van der Waals surface area (Å²) in [7, 11) is 1.70. The van der Waals surface area contributed by atoms with Crippen molar-refractivity contribution in [3.8, 4) is 0 Å². The minimum Gasteiger partial charge on any atom is -0.465 e. The lowest BCUT2D eigenvalue weighted by Gasteiger charge is -2.28. The van der Waals surface area contributed by atoms with Crippen LogP contribution in [0.15, 0.2) is 47.5 Å². The highest BCUT2D eigenvalue weighted by Gasteiger charge is 2.23. The SMILES string of the molecule is CC.C\C=C/C=C1/OC=C(C(C)(C)C)C/C1=C/COC. The van der Waals surface area contributed by atoms with E-state index in [0.717, 1.165) is 12.2 Å². The third-order valence-corrected chi connectivity index (χ3v) is 2.93. The van der Waals surface area contributed by atoms with Crippen LogP contribution < -0.4 is 0 Å². The Bertz CT molecular complexity index is 390.